The first-order chi connectivity index (χ1) is 16.2. The van der Waals surface area contributed by atoms with E-state index in [1.807, 2.05) is 66.7 Å². The van der Waals surface area contributed by atoms with Crippen molar-refractivity contribution in [3.8, 4) is 17.3 Å². The van der Waals surface area contributed by atoms with Crippen LogP contribution >= 0.6 is 0 Å². The molecule has 0 radical (unpaired) electrons. The van der Waals surface area contributed by atoms with E-state index in [1.165, 1.54) is 0 Å². The van der Waals surface area contributed by atoms with Crippen molar-refractivity contribution >= 4 is 28.4 Å². The van der Waals surface area contributed by atoms with Crippen LogP contribution in [-0.4, -0.2) is 51.9 Å². The van der Waals surface area contributed by atoms with Crippen molar-refractivity contribution in [3.63, 3.8) is 0 Å². The zero-order valence-corrected chi connectivity index (χ0v) is 18.2. The number of H-pyrrole nitrogens is 1. The van der Waals surface area contributed by atoms with Gasteiger partial charge in [-0.25, -0.2) is 9.97 Å². The summed E-state index contributed by atoms with van der Waals surface area (Å²) in [5.74, 6) is 0.467. The molecule has 3 heterocycles. The number of nitrogens with one attached hydrogen (secondary N) is 3. The van der Waals surface area contributed by atoms with E-state index in [2.05, 4.69) is 31.7 Å². The van der Waals surface area contributed by atoms with Gasteiger partial charge in [0.25, 0.3) is 5.91 Å². The molecule has 1 atom stereocenters. The molecule has 1 aliphatic heterocycles. The van der Waals surface area contributed by atoms with E-state index in [0.29, 0.717) is 35.9 Å². The van der Waals surface area contributed by atoms with Gasteiger partial charge >= 0.3 is 0 Å². The highest BCUT2D eigenvalue weighted by Crippen LogP contribution is 2.30. The van der Waals surface area contributed by atoms with Gasteiger partial charge in [0.15, 0.2) is 0 Å². The van der Waals surface area contributed by atoms with E-state index in [-0.39, 0.29) is 11.9 Å². The Kier molecular flexibility index (Phi) is 5.37. The van der Waals surface area contributed by atoms with Gasteiger partial charge in [-0.1, -0.05) is 18.2 Å². The number of aromatic amines is 1. The number of anilines is 2. The van der Waals surface area contributed by atoms with Gasteiger partial charge in [-0.3, -0.25) is 4.79 Å². The Hall–Kier alpha value is -4.38. The molecule has 0 bridgehead atoms. The van der Waals surface area contributed by atoms with E-state index in [9.17, 15) is 10.1 Å². The lowest BCUT2D eigenvalue weighted by Crippen LogP contribution is -2.31. The van der Waals surface area contributed by atoms with Gasteiger partial charge in [-0.2, -0.15) is 5.26 Å². The van der Waals surface area contributed by atoms with Crippen molar-refractivity contribution in [1.82, 2.24) is 19.9 Å². The first-order valence-electron chi connectivity index (χ1n) is 10.8. The van der Waals surface area contributed by atoms with Crippen LogP contribution in [0.4, 0.5) is 11.6 Å². The topological polar surface area (TPSA) is 110 Å². The van der Waals surface area contributed by atoms with Crippen LogP contribution in [0.1, 0.15) is 22.3 Å². The highest BCUT2D eigenvalue weighted by Gasteiger charge is 2.27. The molecule has 0 spiro atoms. The molecular formula is C25H23N7O. The maximum atomic E-state index is 12.9. The SMILES string of the molecule is CNc1ccc(C(=O)N2CCC(Nc3ncc(C#N)c(-c4c[nH]c5ccccc45)n3)C2)cc1. The first kappa shape index (κ1) is 20.5. The van der Waals surface area contributed by atoms with Crippen molar-refractivity contribution in [2.45, 2.75) is 12.5 Å². The lowest BCUT2D eigenvalue weighted by Gasteiger charge is -2.17. The molecule has 0 aliphatic carbocycles. The van der Waals surface area contributed by atoms with E-state index in [4.69, 9.17) is 0 Å². The van der Waals surface area contributed by atoms with Crippen molar-refractivity contribution in [2.75, 3.05) is 30.8 Å². The molecule has 3 N–H and O–H groups in total. The second kappa shape index (κ2) is 8.63. The minimum Gasteiger partial charge on any atom is -0.388 e. The molecule has 1 unspecified atom stereocenters. The number of benzene rings is 2. The van der Waals surface area contributed by atoms with Crippen LogP contribution in [0.25, 0.3) is 22.2 Å². The van der Waals surface area contributed by atoms with E-state index < -0.39 is 0 Å². The van der Waals surface area contributed by atoms with Crippen LogP contribution in [0.5, 0.6) is 0 Å². The molecule has 33 heavy (non-hydrogen) atoms. The van der Waals surface area contributed by atoms with Crippen LogP contribution in [0.15, 0.2) is 60.9 Å². The number of fused-ring (bicyclic) bond motifs is 1. The lowest BCUT2D eigenvalue weighted by atomic mass is 10.1. The second-order valence-corrected chi connectivity index (χ2v) is 8.02. The van der Waals surface area contributed by atoms with Gasteiger partial charge in [0.2, 0.25) is 5.95 Å². The van der Waals surface area contributed by atoms with Crippen molar-refractivity contribution in [2.24, 2.45) is 0 Å². The number of carbonyl (C=O) groups is 1. The predicted molar refractivity (Wildman–Crippen MR) is 128 cm³/mol. The number of carbonyl (C=O) groups excluding carboxylic acids is 1. The molecule has 1 amide bonds. The number of amides is 1. The molecule has 1 aliphatic rings. The summed E-state index contributed by atoms with van der Waals surface area (Å²) in [5.41, 5.74) is 4.49. The molecule has 4 aromatic rings. The van der Waals surface area contributed by atoms with E-state index in [0.717, 1.165) is 28.6 Å². The standard InChI is InChI=1S/C25H23N7O/c1-27-18-8-6-16(7-9-18)24(33)32-11-10-19(15-32)30-25-29-13-17(12-26)23(31-25)21-14-28-22-5-3-2-4-20(21)22/h2-9,13-14,19,27-28H,10-11,15H2,1H3,(H,29,30,31). The maximum absolute atomic E-state index is 12.9. The Labute approximate surface area is 191 Å². The number of para-hydroxylation sites is 1. The molecule has 8 nitrogen and oxygen atoms in total. The van der Waals surface area contributed by atoms with Gasteiger partial charge in [0, 0.05) is 60.1 Å². The molecule has 8 heteroatoms. The number of likely N-dealkylation sites (tertiary alicyclic amines) is 1. The third-order valence-electron chi connectivity index (χ3n) is 5.98. The van der Waals surface area contributed by atoms with Crippen LogP contribution in [0, 0.1) is 11.3 Å². The molecule has 164 valence electrons. The number of nitrogens with zero attached hydrogens (tertiary/aromatic N) is 4. The van der Waals surface area contributed by atoms with Crippen molar-refractivity contribution < 1.29 is 4.79 Å². The zero-order valence-electron chi connectivity index (χ0n) is 18.2. The summed E-state index contributed by atoms with van der Waals surface area (Å²) in [5, 5.41) is 17.0. The zero-order chi connectivity index (χ0) is 22.8. The quantitative estimate of drug-likeness (QED) is 0.437. The van der Waals surface area contributed by atoms with Crippen LogP contribution in [0.3, 0.4) is 0 Å². The average Bonchev–Trinajstić information content (AvgIpc) is 3.51. The lowest BCUT2D eigenvalue weighted by molar-refractivity contribution is 0.0791. The maximum Gasteiger partial charge on any atom is 0.253 e. The molecule has 5 rings (SSSR count). The Bertz CT molecular complexity index is 1350. The summed E-state index contributed by atoms with van der Waals surface area (Å²) < 4.78 is 0. The van der Waals surface area contributed by atoms with Gasteiger partial charge in [-0.15, -0.1) is 0 Å². The normalized spacial score (nSPS) is 15.4. The number of rotatable bonds is 5. The van der Waals surface area contributed by atoms with Crippen LogP contribution < -0.4 is 10.6 Å². The molecule has 2 aromatic carbocycles. The fourth-order valence-electron chi connectivity index (χ4n) is 4.21. The predicted octanol–water partition coefficient (Wildman–Crippen LogP) is 3.86. The largest absolute Gasteiger partial charge is 0.388 e. The molecule has 1 saturated heterocycles. The van der Waals surface area contributed by atoms with Gasteiger partial charge < -0.3 is 20.5 Å². The molecular weight excluding hydrogens is 414 g/mol. The van der Waals surface area contributed by atoms with E-state index >= 15 is 0 Å². The smallest absolute Gasteiger partial charge is 0.253 e. The average molecular weight is 438 g/mol. The Balaban J connectivity index is 1.33. The second-order valence-electron chi connectivity index (χ2n) is 8.02. The highest BCUT2D eigenvalue weighted by molar-refractivity contribution is 5.96. The number of hydrogen-bond donors (Lipinski definition) is 3. The minimum absolute atomic E-state index is 0.0159. The molecule has 1 fully saturated rings. The van der Waals surface area contributed by atoms with Crippen LogP contribution in [0.2, 0.25) is 0 Å². The van der Waals surface area contributed by atoms with Crippen LogP contribution in [-0.2, 0) is 0 Å². The Morgan fingerprint density at radius 2 is 2.03 bits per heavy atom. The van der Waals surface area contributed by atoms with Gasteiger partial charge in [0.1, 0.15) is 6.07 Å². The van der Waals surface area contributed by atoms with Gasteiger partial charge in [0.05, 0.1) is 17.5 Å². The summed E-state index contributed by atoms with van der Waals surface area (Å²) in [6.07, 6.45) is 4.21. The minimum atomic E-state index is 0.0159. The molecule has 2 aromatic heterocycles. The fraction of sp³-hybridized carbons (Fsp3) is 0.200. The summed E-state index contributed by atoms with van der Waals surface area (Å²) >= 11 is 0. The van der Waals surface area contributed by atoms with E-state index in [1.54, 1.807) is 6.20 Å². The summed E-state index contributed by atoms with van der Waals surface area (Å²) in [4.78, 5) is 27.0. The third kappa shape index (κ3) is 3.96. The number of nitriles is 1. The Morgan fingerprint density at radius 3 is 2.82 bits per heavy atom. The highest BCUT2D eigenvalue weighted by atomic mass is 16.2. The summed E-state index contributed by atoms with van der Waals surface area (Å²) in [7, 11) is 1.85. The molecule has 0 saturated carbocycles. The number of hydrogen-bond acceptors (Lipinski definition) is 6. The van der Waals surface area contributed by atoms with Crippen molar-refractivity contribution in [3.05, 3.63) is 72.1 Å². The number of aromatic nitrogens is 3. The van der Waals surface area contributed by atoms with Gasteiger partial charge in [-0.05, 0) is 36.8 Å². The first-order valence-corrected chi connectivity index (χ1v) is 10.8. The summed E-state index contributed by atoms with van der Waals surface area (Å²) in [6, 6.07) is 17.6. The fourth-order valence-corrected chi connectivity index (χ4v) is 4.21. The van der Waals surface area contributed by atoms with Crippen molar-refractivity contribution in [1.29, 1.82) is 5.26 Å². The summed E-state index contributed by atoms with van der Waals surface area (Å²) in [6.45, 7) is 1.23. The third-order valence-corrected chi connectivity index (χ3v) is 5.98. The monoisotopic (exact) mass is 437 g/mol. The Morgan fingerprint density at radius 1 is 1.21 bits per heavy atom.